The van der Waals surface area contributed by atoms with Crippen LogP contribution in [0.4, 0.5) is 4.39 Å². The highest BCUT2D eigenvalue weighted by Crippen LogP contribution is 2.37. The molecule has 1 fully saturated rings. The van der Waals surface area contributed by atoms with Crippen molar-refractivity contribution in [3.05, 3.63) is 82.2 Å². The van der Waals surface area contributed by atoms with E-state index in [1.165, 1.54) is 25.1 Å². The number of nitrogens with zero attached hydrogens (tertiary/aromatic N) is 2. The number of carbonyl (C=O) groups excluding carboxylic acids is 4. The predicted molar refractivity (Wildman–Crippen MR) is 162 cm³/mol. The maximum Gasteiger partial charge on any atom is 0.251 e. The van der Waals surface area contributed by atoms with Crippen molar-refractivity contribution in [1.29, 1.82) is 5.41 Å². The molecule has 9 nitrogen and oxygen atoms in total. The summed E-state index contributed by atoms with van der Waals surface area (Å²) in [5.41, 5.74) is 9.21. The fourth-order valence-electron chi connectivity index (χ4n) is 5.07. The first-order valence-corrected chi connectivity index (χ1v) is 13.9. The SMILES string of the molecule is CC(=O)N(C)[C@@H](C)C1CCC(c2cccc(F)c2)N1C=O.CCNC(=O)c1ccc(C/C(=C/C(C)=N)C(N)=O)c(C)c1. The molecule has 0 spiro atoms. The van der Waals surface area contributed by atoms with Crippen LogP contribution in [-0.2, 0) is 20.8 Å². The number of amides is 4. The van der Waals surface area contributed by atoms with Gasteiger partial charge in [0.1, 0.15) is 5.82 Å². The minimum Gasteiger partial charge on any atom is -0.366 e. The van der Waals surface area contributed by atoms with Gasteiger partial charge in [-0.1, -0.05) is 18.2 Å². The molecule has 0 aliphatic carbocycles. The molecule has 2 unspecified atom stereocenters. The number of rotatable bonds is 10. The molecule has 4 N–H and O–H groups in total. The third-order valence-electron chi connectivity index (χ3n) is 7.53. The topological polar surface area (TPSA) is 137 Å². The molecule has 3 atom stereocenters. The van der Waals surface area contributed by atoms with Crippen LogP contribution in [0.2, 0.25) is 0 Å². The first-order valence-electron chi connectivity index (χ1n) is 13.9. The van der Waals surface area contributed by atoms with Crippen LogP contribution in [-0.4, -0.2) is 65.3 Å². The third kappa shape index (κ3) is 9.09. The van der Waals surface area contributed by atoms with Crippen LogP contribution in [0.25, 0.3) is 0 Å². The van der Waals surface area contributed by atoms with E-state index in [0.717, 1.165) is 35.9 Å². The minimum atomic E-state index is -0.534. The molecule has 2 aromatic carbocycles. The molecule has 1 heterocycles. The van der Waals surface area contributed by atoms with Crippen LogP contribution in [0, 0.1) is 18.2 Å². The van der Waals surface area contributed by atoms with E-state index in [0.29, 0.717) is 24.1 Å². The van der Waals surface area contributed by atoms with E-state index in [1.54, 1.807) is 42.0 Å². The van der Waals surface area contributed by atoms with Gasteiger partial charge >= 0.3 is 0 Å². The summed E-state index contributed by atoms with van der Waals surface area (Å²) in [6, 6.07) is 11.5. The van der Waals surface area contributed by atoms with E-state index >= 15 is 0 Å². The number of allylic oxidation sites excluding steroid dienone is 1. The zero-order chi connectivity index (χ0) is 31.6. The number of likely N-dealkylation sites (N-methyl/N-ethyl adjacent to an activating group) is 1. The van der Waals surface area contributed by atoms with Crippen molar-refractivity contribution in [3.63, 3.8) is 0 Å². The van der Waals surface area contributed by atoms with E-state index in [2.05, 4.69) is 5.32 Å². The second-order valence-corrected chi connectivity index (χ2v) is 10.5. The lowest BCUT2D eigenvalue weighted by atomic mass is 9.97. The number of nitrogens with two attached hydrogens (primary N) is 1. The van der Waals surface area contributed by atoms with Gasteiger partial charge in [-0.2, -0.15) is 0 Å². The van der Waals surface area contributed by atoms with Crippen molar-refractivity contribution in [2.24, 2.45) is 5.73 Å². The molecular weight excluding hydrogens is 537 g/mol. The van der Waals surface area contributed by atoms with Gasteiger partial charge in [-0.3, -0.25) is 19.2 Å². The smallest absolute Gasteiger partial charge is 0.251 e. The number of primary amides is 1. The van der Waals surface area contributed by atoms with Gasteiger partial charge in [-0.05, 0) is 87.6 Å². The van der Waals surface area contributed by atoms with Crippen molar-refractivity contribution in [2.75, 3.05) is 13.6 Å². The Morgan fingerprint density at radius 3 is 2.40 bits per heavy atom. The molecule has 1 aliphatic heterocycles. The predicted octanol–water partition coefficient (Wildman–Crippen LogP) is 4.09. The average molecular weight is 580 g/mol. The summed E-state index contributed by atoms with van der Waals surface area (Å²) in [4.78, 5) is 49.5. The lowest BCUT2D eigenvalue weighted by Gasteiger charge is -2.35. The Kier molecular flexibility index (Phi) is 12.6. The maximum atomic E-state index is 13.4. The number of benzene rings is 2. The molecule has 10 heteroatoms. The molecule has 3 rings (SSSR count). The lowest BCUT2D eigenvalue weighted by molar-refractivity contribution is -0.132. The first kappa shape index (κ1) is 33.9. The molecule has 0 saturated carbocycles. The van der Waals surface area contributed by atoms with Crippen molar-refractivity contribution in [3.8, 4) is 0 Å². The summed E-state index contributed by atoms with van der Waals surface area (Å²) in [7, 11) is 1.74. The van der Waals surface area contributed by atoms with Crippen LogP contribution in [0.5, 0.6) is 0 Å². The van der Waals surface area contributed by atoms with E-state index in [-0.39, 0.29) is 41.5 Å². The first-order chi connectivity index (χ1) is 19.8. The van der Waals surface area contributed by atoms with Crippen molar-refractivity contribution >= 4 is 29.8 Å². The molecule has 0 aromatic heterocycles. The maximum absolute atomic E-state index is 13.4. The molecule has 0 bridgehead atoms. The highest BCUT2D eigenvalue weighted by atomic mass is 19.1. The number of likely N-dealkylation sites (tertiary alicyclic amines) is 1. The van der Waals surface area contributed by atoms with Crippen LogP contribution in [0.1, 0.15) is 73.6 Å². The van der Waals surface area contributed by atoms with Crippen molar-refractivity contribution in [1.82, 2.24) is 15.1 Å². The monoisotopic (exact) mass is 579 g/mol. The molecule has 2 aromatic rings. The summed E-state index contributed by atoms with van der Waals surface area (Å²) in [5, 5.41) is 10.2. The largest absolute Gasteiger partial charge is 0.366 e. The van der Waals surface area contributed by atoms with Gasteiger partial charge < -0.3 is 26.3 Å². The van der Waals surface area contributed by atoms with Gasteiger partial charge in [-0.15, -0.1) is 0 Å². The van der Waals surface area contributed by atoms with E-state index in [1.807, 2.05) is 32.9 Å². The summed E-state index contributed by atoms with van der Waals surface area (Å²) >= 11 is 0. The van der Waals surface area contributed by atoms with E-state index < -0.39 is 5.91 Å². The zero-order valence-electron chi connectivity index (χ0n) is 25.2. The van der Waals surface area contributed by atoms with Crippen LogP contribution < -0.4 is 11.1 Å². The van der Waals surface area contributed by atoms with E-state index in [4.69, 9.17) is 11.1 Å². The molecule has 4 amide bonds. The summed E-state index contributed by atoms with van der Waals surface area (Å²) < 4.78 is 13.4. The molecule has 42 heavy (non-hydrogen) atoms. The summed E-state index contributed by atoms with van der Waals surface area (Å²) in [5.74, 6) is -0.972. The van der Waals surface area contributed by atoms with Gasteiger partial charge in [0.15, 0.2) is 0 Å². The van der Waals surface area contributed by atoms with Crippen molar-refractivity contribution in [2.45, 2.75) is 72.0 Å². The van der Waals surface area contributed by atoms with Gasteiger partial charge in [0.2, 0.25) is 18.2 Å². The average Bonchev–Trinajstić information content (AvgIpc) is 3.37. The summed E-state index contributed by atoms with van der Waals surface area (Å²) in [6.07, 6.45) is 4.23. The minimum absolute atomic E-state index is 0.0254. The normalized spacial score (nSPS) is 17.0. The highest BCUT2D eigenvalue weighted by molar-refractivity contribution is 6.01. The van der Waals surface area contributed by atoms with Gasteiger partial charge in [-0.25, -0.2) is 4.39 Å². The van der Waals surface area contributed by atoms with Gasteiger partial charge in [0, 0.05) is 49.8 Å². The fraction of sp³-hybridized carbons (Fsp3) is 0.406. The van der Waals surface area contributed by atoms with Crippen LogP contribution in [0.3, 0.4) is 0 Å². The molecule has 0 radical (unpaired) electrons. The molecule has 1 saturated heterocycles. The fourth-order valence-corrected chi connectivity index (χ4v) is 5.07. The van der Waals surface area contributed by atoms with Gasteiger partial charge in [0.05, 0.1) is 12.1 Å². The standard InChI is InChI=1S/C16H21FN2O2.C16H21N3O2/c1-11(18(3)12(2)21)15-7-8-16(19(15)10-20)13-5-4-6-14(17)9-13;1-4-19-16(21)13-6-5-12(10(2)7-13)9-14(15(18)20)8-11(3)17/h4-6,9-11,15-16H,7-8H2,1-3H3;5-8,17H,4,9H2,1-3H3,(H2,18,20)(H,19,21)/b;14-8-,17-11?/t11-,15?,16?;/m0./s1. The molecule has 1 aliphatic rings. The Bertz CT molecular complexity index is 1340. The Hall–Kier alpha value is -4.34. The Labute approximate surface area is 247 Å². The van der Waals surface area contributed by atoms with Crippen LogP contribution >= 0.6 is 0 Å². The Morgan fingerprint density at radius 2 is 1.88 bits per heavy atom. The molecular formula is C32H42FN5O4. The van der Waals surface area contributed by atoms with Gasteiger partial charge in [0.25, 0.3) is 5.91 Å². The summed E-state index contributed by atoms with van der Waals surface area (Å²) in [6.45, 7) is 9.37. The quantitative estimate of drug-likeness (QED) is 0.222. The number of aryl methyl sites for hydroxylation is 1. The highest BCUT2D eigenvalue weighted by Gasteiger charge is 2.38. The number of halogens is 1. The second kappa shape index (κ2) is 15.6. The lowest BCUT2D eigenvalue weighted by Crippen LogP contribution is -2.47. The van der Waals surface area contributed by atoms with Crippen molar-refractivity contribution < 1.29 is 23.6 Å². The number of hydrogen-bond donors (Lipinski definition) is 3. The number of hydrogen-bond acceptors (Lipinski definition) is 5. The Balaban J connectivity index is 0.000000293. The zero-order valence-corrected chi connectivity index (χ0v) is 25.2. The van der Waals surface area contributed by atoms with Crippen LogP contribution in [0.15, 0.2) is 54.1 Å². The third-order valence-corrected chi connectivity index (χ3v) is 7.53. The van der Waals surface area contributed by atoms with E-state index in [9.17, 15) is 23.6 Å². The number of nitrogens with one attached hydrogen (secondary N) is 2. The number of carbonyl (C=O) groups is 4. The second-order valence-electron chi connectivity index (χ2n) is 10.5. The molecule has 226 valence electrons. The Morgan fingerprint density at radius 1 is 1.19 bits per heavy atom.